The predicted molar refractivity (Wildman–Crippen MR) is 70.1 cm³/mol. The number of piperidine rings is 1. The van der Waals surface area contributed by atoms with Gasteiger partial charge in [0.25, 0.3) is 0 Å². The van der Waals surface area contributed by atoms with Gasteiger partial charge in [0.2, 0.25) is 10.9 Å². The maximum atomic E-state index is 11.5. The molecule has 1 aliphatic rings. The van der Waals surface area contributed by atoms with E-state index in [1.54, 1.807) is 13.8 Å². The zero-order valence-electron chi connectivity index (χ0n) is 11.1. The average Bonchev–Trinajstić information content (AvgIpc) is 2.89. The van der Waals surface area contributed by atoms with Crippen molar-refractivity contribution in [1.29, 1.82) is 0 Å². The second kappa shape index (κ2) is 6.10. The van der Waals surface area contributed by atoms with Gasteiger partial charge in [-0.1, -0.05) is 11.3 Å². The molecule has 0 unspecified atom stereocenters. The lowest BCUT2D eigenvalue weighted by Gasteiger charge is -2.29. The van der Waals surface area contributed by atoms with E-state index in [-0.39, 0.29) is 11.8 Å². The van der Waals surface area contributed by atoms with Crippen LogP contribution in [0.5, 0.6) is 0 Å². The van der Waals surface area contributed by atoms with Crippen LogP contribution < -0.4 is 0 Å². The molecule has 0 aliphatic carbocycles. The molecule has 0 aromatic carbocycles. The summed E-state index contributed by atoms with van der Waals surface area (Å²) in [5, 5.41) is 9.13. The lowest BCUT2D eigenvalue weighted by Crippen LogP contribution is -2.36. The number of aromatic nitrogens is 2. The molecule has 1 aliphatic heterocycles. The van der Waals surface area contributed by atoms with Crippen LogP contribution in [0.4, 0.5) is 0 Å². The Morgan fingerprint density at radius 3 is 2.63 bits per heavy atom. The molecule has 0 saturated carbocycles. The van der Waals surface area contributed by atoms with Crippen molar-refractivity contribution in [2.24, 2.45) is 0 Å². The average molecular weight is 283 g/mol. The first kappa shape index (κ1) is 13.9. The van der Waals surface area contributed by atoms with Gasteiger partial charge in [-0.25, -0.2) is 4.79 Å². The molecule has 1 fully saturated rings. The van der Waals surface area contributed by atoms with Crippen molar-refractivity contribution in [2.45, 2.75) is 32.6 Å². The van der Waals surface area contributed by atoms with Crippen molar-refractivity contribution in [1.82, 2.24) is 15.1 Å². The van der Waals surface area contributed by atoms with Crippen molar-refractivity contribution in [3.05, 3.63) is 10.0 Å². The topological polar surface area (TPSA) is 72.4 Å². The maximum Gasteiger partial charge on any atom is 0.369 e. The van der Waals surface area contributed by atoms with Crippen LogP contribution in [0.25, 0.3) is 0 Å². The van der Waals surface area contributed by atoms with Gasteiger partial charge >= 0.3 is 5.97 Å². The van der Waals surface area contributed by atoms with E-state index >= 15 is 0 Å². The van der Waals surface area contributed by atoms with Crippen LogP contribution >= 0.6 is 11.3 Å². The number of hydrogen-bond donors (Lipinski definition) is 0. The second-order valence-electron chi connectivity index (χ2n) is 4.45. The summed E-state index contributed by atoms with van der Waals surface area (Å²) in [6, 6.07) is 0. The van der Waals surface area contributed by atoms with Crippen molar-refractivity contribution < 1.29 is 14.3 Å². The Morgan fingerprint density at radius 1 is 1.37 bits per heavy atom. The minimum absolute atomic E-state index is 0.114. The van der Waals surface area contributed by atoms with Crippen molar-refractivity contribution >= 4 is 23.2 Å². The number of nitrogens with zero attached hydrogens (tertiary/aromatic N) is 3. The number of ether oxygens (including phenoxy) is 1. The van der Waals surface area contributed by atoms with E-state index in [1.807, 2.05) is 4.90 Å². The quantitative estimate of drug-likeness (QED) is 0.785. The van der Waals surface area contributed by atoms with E-state index in [2.05, 4.69) is 10.2 Å². The van der Waals surface area contributed by atoms with Crippen LogP contribution in [-0.2, 0) is 9.53 Å². The second-order valence-corrected chi connectivity index (χ2v) is 5.46. The van der Waals surface area contributed by atoms with E-state index in [1.165, 1.54) is 11.3 Å². The van der Waals surface area contributed by atoms with E-state index in [0.717, 1.165) is 30.9 Å². The van der Waals surface area contributed by atoms with E-state index in [9.17, 15) is 9.59 Å². The summed E-state index contributed by atoms with van der Waals surface area (Å²) in [5.74, 6) is -0.00775. The molecule has 6 nitrogen and oxygen atoms in total. The number of likely N-dealkylation sites (tertiary alicyclic amines) is 1. The van der Waals surface area contributed by atoms with Crippen molar-refractivity contribution in [3.8, 4) is 0 Å². The van der Waals surface area contributed by atoms with E-state index < -0.39 is 5.97 Å². The fraction of sp³-hybridized carbons (Fsp3) is 0.667. The van der Waals surface area contributed by atoms with E-state index in [0.29, 0.717) is 11.6 Å². The number of amides is 1. The molecular formula is C12H17N3O3S. The van der Waals surface area contributed by atoms with Crippen LogP contribution in [0.1, 0.15) is 47.4 Å². The lowest BCUT2D eigenvalue weighted by molar-refractivity contribution is -0.129. The fourth-order valence-electron chi connectivity index (χ4n) is 2.12. The number of carbonyl (C=O) groups is 2. The molecule has 2 rings (SSSR count). The van der Waals surface area contributed by atoms with Gasteiger partial charge in [0, 0.05) is 25.9 Å². The normalized spacial score (nSPS) is 16.4. The lowest BCUT2D eigenvalue weighted by atomic mass is 9.98. The molecule has 104 valence electrons. The Labute approximate surface area is 115 Å². The molecule has 0 bridgehead atoms. The smallest absolute Gasteiger partial charge is 0.369 e. The van der Waals surface area contributed by atoms with Gasteiger partial charge in [-0.15, -0.1) is 10.2 Å². The van der Waals surface area contributed by atoms with Gasteiger partial charge in [-0.05, 0) is 19.8 Å². The molecule has 1 aromatic rings. The molecule has 0 N–H and O–H groups in total. The van der Waals surface area contributed by atoms with Gasteiger partial charge < -0.3 is 9.64 Å². The summed E-state index contributed by atoms with van der Waals surface area (Å²) in [7, 11) is 0. The number of hydrogen-bond acceptors (Lipinski definition) is 6. The van der Waals surface area contributed by atoms with Gasteiger partial charge in [-0.3, -0.25) is 4.79 Å². The number of carbonyl (C=O) groups excluding carboxylic acids is 2. The summed E-state index contributed by atoms with van der Waals surface area (Å²) < 4.78 is 4.89. The highest BCUT2D eigenvalue weighted by atomic mass is 32.1. The summed E-state index contributed by atoms with van der Waals surface area (Å²) >= 11 is 1.30. The Hall–Kier alpha value is -1.50. The minimum Gasteiger partial charge on any atom is -0.461 e. The fourth-order valence-corrected chi connectivity index (χ4v) is 3.02. The monoisotopic (exact) mass is 283 g/mol. The number of rotatable bonds is 3. The minimum atomic E-state index is -0.410. The summed E-state index contributed by atoms with van der Waals surface area (Å²) in [4.78, 5) is 24.6. The Morgan fingerprint density at radius 2 is 2.05 bits per heavy atom. The standard InChI is InChI=1S/C12H17N3O3S/c1-3-18-12(17)11-14-13-10(19-11)9-4-6-15(7-5-9)8(2)16/h9H,3-7H2,1-2H3. The summed E-state index contributed by atoms with van der Waals surface area (Å²) in [5.41, 5.74) is 0. The largest absolute Gasteiger partial charge is 0.461 e. The SMILES string of the molecule is CCOC(=O)c1nnc(C2CCN(C(C)=O)CC2)s1. The van der Waals surface area contributed by atoms with Crippen LogP contribution in [-0.4, -0.2) is 46.7 Å². The zero-order chi connectivity index (χ0) is 13.8. The van der Waals surface area contributed by atoms with Crippen LogP contribution in [0.15, 0.2) is 0 Å². The summed E-state index contributed by atoms with van der Waals surface area (Å²) in [6.07, 6.45) is 1.74. The molecule has 0 spiro atoms. The first-order valence-electron chi connectivity index (χ1n) is 6.37. The molecule has 0 atom stereocenters. The van der Waals surface area contributed by atoms with Crippen molar-refractivity contribution in [3.63, 3.8) is 0 Å². The van der Waals surface area contributed by atoms with Gasteiger partial charge in [-0.2, -0.15) is 0 Å². The van der Waals surface area contributed by atoms with Gasteiger partial charge in [0.05, 0.1) is 6.61 Å². The molecule has 1 saturated heterocycles. The Kier molecular flexibility index (Phi) is 4.47. The van der Waals surface area contributed by atoms with Crippen LogP contribution in [0.3, 0.4) is 0 Å². The molecule has 1 amide bonds. The molecule has 0 radical (unpaired) electrons. The highest BCUT2D eigenvalue weighted by Gasteiger charge is 2.25. The zero-order valence-corrected chi connectivity index (χ0v) is 11.9. The number of esters is 1. The highest BCUT2D eigenvalue weighted by molar-refractivity contribution is 7.13. The molecular weight excluding hydrogens is 266 g/mol. The highest BCUT2D eigenvalue weighted by Crippen LogP contribution is 2.30. The molecule has 7 heteroatoms. The third-order valence-electron chi connectivity index (χ3n) is 3.18. The third kappa shape index (κ3) is 3.28. The van der Waals surface area contributed by atoms with Gasteiger partial charge in [0.1, 0.15) is 5.01 Å². The Bertz CT molecular complexity index is 467. The van der Waals surface area contributed by atoms with Crippen molar-refractivity contribution in [2.75, 3.05) is 19.7 Å². The predicted octanol–water partition coefficient (Wildman–Crippen LogP) is 1.44. The molecule has 2 heterocycles. The first-order valence-corrected chi connectivity index (χ1v) is 7.19. The summed E-state index contributed by atoms with van der Waals surface area (Å²) in [6.45, 7) is 5.18. The van der Waals surface area contributed by atoms with Gasteiger partial charge in [0.15, 0.2) is 0 Å². The first-order chi connectivity index (χ1) is 9.11. The van der Waals surface area contributed by atoms with Crippen LogP contribution in [0.2, 0.25) is 0 Å². The molecule has 19 heavy (non-hydrogen) atoms. The Balaban J connectivity index is 1.97. The van der Waals surface area contributed by atoms with Crippen LogP contribution in [0, 0.1) is 0 Å². The maximum absolute atomic E-state index is 11.5. The molecule has 1 aromatic heterocycles. The van der Waals surface area contributed by atoms with E-state index in [4.69, 9.17) is 4.74 Å². The third-order valence-corrected chi connectivity index (χ3v) is 4.25.